The van der Waals surface area contributed by atoms with Gasteiger partial charge in [0.15, 0.2) is 0 Å². The van der Waals surface area contributed by atoms with Crippen molar-refractivity contribution in [3.8, 4) is 0 Å². The second-order valence-corrected chi connectivity index (χ2v) is 5.23. The molecule has 2 rings (SSSR count). The van der Waals surface area contributed by atoms with Gasteiger partial charge in [-0.15, -0.1) is 0 Å². The van der Waals surface area contributed by atoms with Crippen LogP contribution in [0.25, 0.3) is 0 Å². The van der Waals surface area contributed by atoms with E-state index in [4.69, 9.17) is 16.3 Å². The number of esters is 1. The summed E-state index contributed by atoms with van der Waals surface area (Å²) in [5.41, 5.74) is 2.00. The van der Waals surface area contributed by atoms with E-state index in [9.17, 15) is 4.79 Å². The van der Waals surface area contributed by atoms with Gasteiger partial charge in [-0.05, 0) is 25.1 Å². The molecule has 5 heteroatoms. The van der Waals surface area contributed by atoms with Gasteiger partial charge in [0.25, 0.3) is 0 Å². The Bertz CT molecular complexity index is 596. The number of pyridine rings is 1. The van der Waals surface area contributed by atoms with E-state index in [1.54, 1.807) is 13.0 Å². The van der Waals surface area contributed by atoms with Gasteiger partial charge in [0.2, 0.25) is 0 Å². The molecule has 0 aliphatic heterocycles. The van der Waals surface area contributed by atoms with Crippen LogP contribution < -0.4 is 0 Å². The minimum absolute atomic E-state index is 0.208. The lowest BCUT2D eigenvalue weighted by Gasteiger charge is -2.07. The molecule has 0 amide bonds. The SMILES string of the molecule is Cc1cc(C(=O)OCc2ccccc2Br)cc(Cl)n1. The molecule has 0 spiro atoms. The minimum atomic E-state index is -0.414. The summed E-state index contributed by atoms with van der Waals surface area (Å²) in [5.74, 6) is -0.414. The van der Waals surface area contributed by atoms with Gasteiger partial charge in [0.1, 0.15) is 11.8 Å². The Labute approximate surface area is 124 Å². The number of halogens is 2. The lowest BCUT2D eigenvalue weighted by molar-refractivity contribution is 0.0471. The van der Waals surface area contributed by atoms with Crippen molar-refractivity contribution in [2.45, 2.75) is 13.5 Å². The molecule has 1 aromatic heterocycles. The number of hydrogen-bond acceptors (Lipinski definition) is 3. The third kappa shape index (κ3) is 3.78. The van der Waals surface area contributed by atoms with Gasteiger partial charge in [-0.3, -0.25) is 0 Å². The van der Waals surface area contributed by atoms with E-state index in [2.05, 4.69) is 20.9 Å². The number of nitrogens with zero attached hydrogens (tertiary/aromatic N) is 1. The quantitative estimate of drug-likeness (QED) is 0.622. The molecular weight excluding hydrogens is 330 g/mol. The van der Waals surface area contributed by atoms with Crippen LogP contribution in [0.4, 0.5) is 0 Å². The maximum absolute atomic E-state index is 11.9. The standard InChI is InChI=1S/C14H11BrClNO2/c1-9-6-11(7-13(16)17-9)14(18)19-8-10-4-2-3-5-12(10)15/h2-7H,8H2,1H3. The zero-order valence-corrected chi connectivity index (χ0v) is 12.5. The van der Waals surface area contributed by atoms with Crippen LogP contribution in [0.15, 0.2) is 40.9 Å². The Hall–Kier alpha value is -1.39. The monoisotopic (exact) mass is 339 g/mol. The number of aryl methyl sites for hydroxylation is 1. The number of ether oxygens (including phenoxy) is 1. The Balaban J connectivity index is 2.08. The van der Waals surface area contributed by atoms with Crippen molar-refractivity contribution in [3.05, 3.63) is 62.8 Å². The van der Waals surface area contributed by atoms with Crippen molar-refractivity contribution in [3.63, 3.8) is 0 Å². The molecule has 0 unspecified atom stereocenters. The highest BCUT2D eigenvalue weighted by molar-refractivity contribution is 9.10. The van der Waals surface area contributed by atoms with E-state index in [0.29, 0.717) is 11.3 Å². The summed E-state index contributed by atoms with van der Waals surface area (Å²) in [6.45, 7) is 1.98. The first-order chi connectivity index (χ1) is 9.06. The van der Waals surface area contributed by atoms with Gasteiger partial charge in [-0.2, -0.15) is 0 Å². The minimum Gasteiger partial charge on any atom is -0.457 e. The molecular formula is C14H11BrClNO2. The summed E-state index contributed by atoms with van der Waals surface area (Å²) in [5, 5.41) is 0.285. The molecule has 0 fully saturated rings. The first-order valence-electron chi connectivity index (χ1n) is 5.61. The average molecular weight is 341 g/mol. The molecule has 98 valence electrons. The van der Waals surface area contributed by atoms with Crippen molar-refractivity contribution in [1.29, 1.82) is 0 Å². The normalized spacial score (nSPS) is 10.3. The van der Waals surface area contributed by atoms with Crippen LogP contribution >= 0.6 is 27.5 Å². The van der Waals surface area contributed by atoms with Gasteiger partial charge in [0.05, 0.1) is 5.56 Å². The summed E-state index contributed by atoms with van der Waals surface area (Å²) in [6, 6.07) is 10.7. The predicted molar refractivity (Wildman–Crippen MR) is 77.2 cm³/mol. The van der Waals surface area contributed by atoms with Crippen molar-refractivity contribution in [1.82, 2.24) is 4.98 Å². The van der Waals surface area contributed by atoms with Gasteiger partial charge in [-0.25, -0.2) is 9.78 Å². The summed E-state index contributed by atoms with van der Waals surface area (Å²) in [7, 11) is 0. The topological polar surface area (TPSA) is 39.2 Å². The molecule has 0 aliphatic rings. The lowest BCUT2D eigenvalue weighted by atomic mass is 10.2. The van der Waals surface area contributed by atoms with E-state index in [-0.39, 0.29) is 11.8 Å². The van der Waals surface area contributed by atoms with Crippen LogP contribution in [0, 0.1) is 6.92 Å². The highest BCUT2D eigenvalue weighted by Gasteiger charge is 2.10. The molecule has 19 heavy (non-hydrogen) atoms. The molecule has 2 aromatic rings. The van der Waals surface area contributed by atoms with E-state index < -0.39 is 5.97 Å². The van der Waals surface area contributed by atoms with Crippen molar-refractivity contribution >= 4 is 33.5 Å². The van der Waals surface area contributed by atoms with Crippen LogP contribution in [-0.2, 0) is 11.3 Å². The zero-order chi connectivity index (χ0) is 13.8. The molecule has 0 bridgehead atoms. The highest BCUT2D eigenvalue weighted by atomic mass is 79.9. The molecule has 1 aromatic carbocycles. The van der Waals surface area contributed by atoms with Crippen molar-refractivity contribution in [2.75, 3.05) is 0 Å². The van der Waals surface area contributed by atoms with Crippen molar-refractivity contribution in [2.24, 2.45) is 0 Å². The third-order valence-electron chi connectivity index (χ3n) is 2.47. The molecule has 1 heterocycles. The Kier molecular flexibility index (Phi) is 4.56. The van der Waals surface area contributed by atoms with E-state index in [1.165, 1.54) is 6.07 Å². The molecule has 0 saturated heterocycles. The van der Waals surface area contributed by atoms with Gasteiger partial charge in [-0.1, -0.05) is 45.7 Å². The average Bonchev–Trinajstić information content (AvgIpc) is 2.36. The Morgan fingerprint density at radius 2 is 2.11 bits per heavy atom. The van der Waals surface area contributed by atoms with Crippen LogP contribution in [0.5, 0.6) is 0 Å². The maximum Gasteiger partial charge on any atom is 0.338 e. The number of benzene rings is 1. The largest absolute Gasteiger partial charge is 0.457 e. The van der Waals surface area contributed by atoms with E-state index >= 15 is 0 Å². The zero-order valence-electron chi connectivity index (χ0n) is 10.2. The lowest BCUT2D eigenvalue weighted by Crippen LogP contribution is -2.06. The molecule has 0 aliphatic carbocycles. The van der Waals surface area contributed by atoms with E-state index in [1.807, 2.05) is 24.3 Å². The van der Waals surface area contributed by atoms with Gasteiger partial charge < -0.3 is 4.74 Å². The van der Waals surface area contributed by atoms with Crippen molar-refractivity contribution < 1.29 is 9.53 Å². The number of carbonyl (C=O) groups is 1. The number of carbonyl (C=O) groups excluding carboxylic acids is 1. The summed E-state index contributed by atoms with van der Waals surface area (Å²) >= 11 is 9.21. The first-order valence-corrected chi connectivity index (χ1v) is 6.78. The first kappa shape index (κ1) is 14.0. The number of rotatable bonds is 3. The molecule has 0 radical (unpaired) electrons. The molecule has 3 nitrogen and oxygen atoms in total. The van der Waals surface area contributed by atoms with Gasteiger partial charge in [0, 0.05) is 15.7 Å². The predicted octanol–water partition coefficient (Wildman–Crippen LogP) is 4.16. The molecule has 0 atom stereocenters. The Morgan fingerprint density at radius 3 is 2.79 bits per heavy atom. The second-order valence-electron chi connectivity index (χ2n) is 3.99. The number of hydrogen-bond donors (Lipinski definition) is 0. The summed E-state index contributed by atoms with van der Waals surface area (Å²) in [6.07, 6.45) is 0. The van der Waals surface area contributed by atoms with Crippen LogP contribution in [-0.4, -0.2) is 11.0 Å². The number of aromatic nitrogens is 1. The smallest absolute Gasteiger partial charge is 0.338 e. The van der Waals surface area contributed by atoms with E-state index in [0.717, 1.165) is 10.0 Å². The Morgan fingerprint density at radius 1 is 1.37 bits per heavy atom. The van der Waals surface area contributed by atoms with Crippen LogP contribution in [0.2, 0.25) is 5.15 Å². The fourth-order valence-corrected chi connectivity index (χ4v) is 2.24. The summed E-state index contributed by atoms with van der Waals surface area (Å²) in [4.78, 5) is 15.9. The molecule has 0 saturated carbocycles. The fourth-order valence-electron chi connectivity index (χ4n) is 1.59. The molecule has 0 N–H and O–H groups in total. The fraction of sp³-hybridized carbons (Fsp3) is 0.143. The van der Waals surface area contributed by atoms with Gasteiger partial charge >= 0.3 is 5.97 Å². The third-order valence-corrected chi connectivity index (χ3v) is 3.44. The van der Waals surface area contributed by atoms with Crippen LogP contribution in [0.1, 0.15) is 21.6 Å². The second kappa shape index (κ2) is 6.17. The maximum atomic E-state index is 11.9. The summed E-state index contributed by atoms with van der Waals surface area (Å²) < 4.78 is 6.16. The highest BCUT2D eigenvalue weighted by Crippen LogP contribution is 2.18. The van der Waals surface area contributed by atoms with Crippen LogP contribution in [0.3, 0.4) is 0 Å².